The Bertz CT molecular complexity index is 984. The topological polar surface area (TPSA) is 89.2 Å². The molecule has 158 valence electrons. The van der Waals surface area contributed by atoms with E-state index in [2.05, 4.69) is 25.0 Å². The molecule has 30 heavy (non-hydrogen) atoms. The lowest BCUT2D eigenvalue weighted by Gasteiger charge is -2.25. The first kappa shape index (κ1) is 21.3. The Kier molecular flexibility index (Phi) is 6.36. The second-order valence-electron chi connectivity index (χ2n) is 6.61. The number of hydrogen-bond donors (Lipinski definition) is 2. The number of halogens is 3. The third-order valence-electron chi connectivity index (χ3n) is 4.35. The van der Waals surface area contributed by atoms with Gasteiger partial charge in [0.1, 0.15) is 5.75 Å². The minimum absolute atomic E-state index is 0.0412. The van der Waals surface area contributed by atoms with Crippen molar-refractivity contribution in [1.29, 1.82) is 0 Å². The number of nitrogens with zero attached hydrogens (tertiary/aromatic N) is 4. The number of anilines is 3. The number of alkyl halides is 3. The molecule has 1 atom stereocenters. The lowest BCUT2D eigenvalue weighted by atomic mass is 10.1. The van der Waals surface area contributed by atoms with Crippen LogP contribution in [0.25, 0.3) is 0 Å². The van der Waals surface area contributed by atoms with E-state index >= 15 is 0 Å². The lowest BCUT2D eigenvalue weighted by Crippen LogP contribution is -2.25. The highest BCUT2D eigenvalue weighted by Crippen LogP contribution is 2.29. The van der Waals surface area contributed by atoms with Crippen LogP contribution in [0.15, 0.2) is 54.6 Å². The van der Waals surface area contributed by atoms with Crippen molar-refractivity contribution in [3.8, 4) is 5.75 Å². The summed E-state index contributed by atoms with van der Waals surface area (Å²) in [6, 6.07) is 15.0. The normalized spacial score (nSPS) is 12.6. The molecular formula is C20H21F3N6O. The van der Waals surface area contributed by atoms with Crippen molar-refractivity contribution in [3.63, 3.8) is 0 Å². The molecule has 7 nitrogen and oxygen atoms in total. The fourth-order valence-corrected chi connectivity index (χ4v) is 2.76. The molecule has 0 aliphatic carbocycles. The highest BCUT2D eigenvalue weighted by molar-refractivity contribution is 5.53. The number of nitrogens with one attached hydrogen (secondary N) is 1. The van der Waals surface area contributed by atoms with Crippen molar-refractivity contribution in [2.24, 2.45) is 0 Å². The van der Waals surface area contributed by atoms with E-state index in [-0.39, 0.29) is 30.2 Å². The van der Waals surface area contributed by atoms with E-state index in [0.29, 0.717) is 11.4 Å². The molecule has 0 aliphatic heterocycles. The van der Waals surface area contributed by atoms with Gasteiger partial charge in [0, 0.05) is 17.8 Å². The average Bonchev–Trinajstić information content (AvgIpc) is 2.68. The van der Waals surface area contributed by atoms with Crippen molar-refractivity contribution in [2.75, 3.05) is 18.1 Å². The summed E-state index contributed by atoms with van der Waals surface area (Å²) >= 11 is 0. The van der Waals surface area contributed by atoms with E-state index in [1.54, 1.807) is 24.1 Å². The minimum atomic E-state index is -4.76. The molecule has 1 heterocycles. The Hall–Kier alpha value is -3.40. The first-order valence-corrected chi connectivity index (χ1v) is 9.08. The van der Waals surface area contributed by atoms with E-state index in [9.17, 15) is 13.2 Å². The van der Waals surface area contributed by atoms with Crippen molar-refractivity contribution in [2.45, 2.75) is 25.9 Å². The van der Waals surface area contributed by atoms with Gasteiger partial charge in [-0.2, -0.15) is 15.0 Å². The number of ether oxygens (including phenoxy) is 1. The van der Waals surface area contributed by atoms with E-state index in [1.807, 2.05) is 37.3 Å². The van der Waals surface area contributed by atoms with Crippen LogP contribution in [0.2, 0.25) is 0 Å². The quantitative estimate of drug-likeness (QED) is 0.592. The van der Waals surface area contributed by atoms with Gasteiger partial charge in [-0.25, -0.2) is 0 Å². The van der Waals surface area contributed by atoms with Crippen molar-refractivity contribution < 1.29 is 17.9 Å². The van der Waals surface area contributed by atoms with Crippen molar-refractivity contribution in [1.82, 2.24) is 19.9 Å². The summed E-state index contributed by atoms with van der Waals surface area (Å²) in [6.07, 6.45) is -4.76. The lowest BCUT2D eigenvalue weighted by molar-refractivity contribution is -0.275. The van der Waals surface area contributed by atoms with Gasteiger partial charge in [0.05, 0.1) is 6.04 Å². The van der Waals surface area contributed by atoms with E-state index < -0.39 is 6.36 Å². The summed E-state index contributed by atoms with van der Waals surface area (Å²) in [5, 5.41) is 3.06. The molecule has 3 aromatic rings. The van der Waals surface area contributed by atoms with Crippen LogP contribution in [0.1, 0.15) is 24.4 Å². The number of nitrogens with two attached hydrogens (primary N) is 1. The molecule has 2 aromatic carbocycles. The maximum atomic E-state index is 12.7. The third kappa shape index (κ3) is 5.80. The number of hydrogen-bond acceptors (Lipinski definition) is 7. The van der Waals surface area contributed by atoms with Crippen molar-refractivity contribution >= 4 is 17.6 Å². The van der Waals surface area contributed by atoms with Crippen LogP contribution < -0.4 is 15.8 Å². The van der Waals surface area contributed by atoms with Crippen LogP contribution in [0.3, 0.4) is 0 Å². The molecular weight excluding hydrogens is 397 g/mol. The highest BCUT2D eigenvalue weighted by atomic mass is 19.4. The fourth-order valence-electron chi connectivity index (χ4n) is 2.76. The predicted molar refractivity (Wildman–Crippen MR) is 107 cm³/mol. The van der Waals surface area contributed by atoms with E-state index in [0.717, 1.165) is 5.69 Å². The molecule has 0 spiro atoms. The van der Waals surface area contributed by atoms with Crippen LogP contribution in [0.4, 0.5) is 30.8 Å². The van der Waals surface area contributed by atoms with E-state index in [4.69, 9.17) is 5.73 Å². The second kappa shape index (κ2) is 8.95. The summed E-state index contributed by atoms with van der Waals surface area (Å²) in [5.41, 5.74) is 7.00. The molecule has 0 radical (unpaired) electrons. The van der Waals surface area contributed by atoms with Gasteiger partial charge < -0.3 is 15.8 Å². The Morgan fingerprint density at radius 2 is 1.70 bits per heavy atom. The maximum absolute atomic E-state index is 12.7. The number of benzene rings is 2. The molecule has 3 N–H and O–H groups in total. The van der Waals surface area contributed by atoms with Gasteiger partial charge in [-0.15, -0.1) is 13.2 Å². The van der Waals surface area contributed by atoms with Gasteiger partial charge in [-0.1, -0.05) is 36.4 Å². The van der Waals surface area contributed by atoms with Crippen LogP contribution in [0.5, 0.6) is 5.75 Å². The SMILES string of the molecule is CC(c1nc(N)nc(Nc2ccccc2)n1)N(C)Cc1ccccc1OC(F)(F)F. The molecule has 1 unspecified atom stereocenters. The minimum Gasteiger partial charge on any atom is -0.405 e. The zero-order valence-electron chi connectivity index (χ0n) is 16.4. The monoisotopic (exact) mass is 418 g/mol. The summed E-state index contributed by atoms with van der Waals surface area (Å²) in [5.74, 6) is 0.465. The molecule has 3 rings (SSSR count). The van der Waals surface area contributed by atoms with Gasteiger partial charge in [-0.3, -0.25) is 4.90 Å². The summed E-state index contributed by atoms with van der Waals surface area (Å²) in [7, 11) is 1.75. The average molecular weight is 418 g/mol. The third-order valence-corrected chi connectivity index (χ3v) is 4.35. The molecule has 0 saturated carbocycles. The first-order valence-electron chi connectivity index (χ1n) is 9.08. The number of aromatic nitrogens is 3. The molecule has 0 aliphatic rings. The molecule has 0 saturated heterocycles. The first-order chi connectivity index (χ1) is 14.2. The van der Waals surface area contributed by atoms with Gasteiger partial charge in [-0.05, 0) is 32.2 Å². The zero-order valence-corrected chi connectivity index (χ0v) is 16.4. The van der Waals surface area contributed by atoms with Crippen molar-refractivity contribution in [3.05, 3.63) is 66.0 Å². The number of nitrogen functional groups attached to an aromatic ring is 1. The molecule has 1 aromatic heterocycles. The van der Waals surface area contributed by atoms with Crippen LogP contribution in [0, 0.1) is 0 Å². The van der Waals surface area contributed by atoms with Crippen LogP contribution in [-0.4, -0.2) is 33.3 Å². The number of rotatable bonds is 7. The van der Waals surface area contributed by atoms with E-state index in [1.165, 1.54) is 12.1 Å². The Morgan fingerprint density at radius 3 is 2.40 bits per heavy atom. The van der Waals surface area contributed by atoms with Gasteiger partial charge in [0.25, 0.3) is 0 Å². The zero-order chi connectivity index (χ0) is 21.7. The Morgan fingerprint density at radius 1 is 1.03 bits per heavy atom. The fraction of sp³-hybridized carbons (Fsp3) is 0.250. The summed E-state index contributed by atoms with van der Waals surface area (Å²) in [6.45, 7) is 2.01. The molecule has 0 bridgehead atoms. The largest absolute Gasteiger partial charge is 0.573 e. The number of para-hydroxylation sites is 2. The predicted octanol–water partition coefficient (Wildman–Crippen LogP) is 4.29. The summed E-state index contributed by atoms with van der Waals surface area (Å²) in [4.78, 5) is 14.5. The molecule has 10 heteroatoms. The van der Waals surface area contributed by atoms with Gasteiger partial charge in [0.15, 0.2) is 5.82 Å². The maximum Gasteiger partial charge on any atom is 0.573 e. The highest BCUT2D eigenvalue weighted by Gasteiger charge is 2.32. The Balaban J connectivity index is 1.77. The molecule has 0 amide bonds. The van der Waals surface area contributed by atoms with Crippen LogP contribution in [-0.2, 0) is 6.54 Å². The standard InChI is InChI=1S/C20H21F3N6O/c1-13(29(2)12-14-8-6-7-11-16(14)30-20(21,22)23)17-26-18(24)28-19(27-17)25-15-9-4-3-5-10-15/h3-11,13H,12H2,1-2H3,(H3,24,25,26,27,28). The Labute approximate surface area is 171 Å². The summed E-state index contributed by atoms with van der Waals surface area (Å²) < 4.78 is 42.1. The second-order valence-corrected chi connectivity index (χ2v) is 6.61. The van der Waals surface area contributed by atoms with Crippen LogP contribution >= 0.6 is 0 Å². The molecule has 0 fully saturated rings. The smallest absolute Gasteiger partial charge is 0.405 e. The van der Waals surface area contributed by atoms with Gasteiger partial charge in [0.2, 0.25) is 11.9 Å². The van der Waals surface area contributed by atoms with Gasteiger partial charge >= 0.3 is 6.36 Å².